The number of likely N-dealkylation sites (tertiary alicyclic amines) is 1. The van der Waals surface area contributed by atoms with E-state index in [-0.39, 0.29) is 6.04 Å². The number of thiazole rings is 1. The summed E-state index contributed by atoms with van der Waals surface area (Å²) in [6.45, 7) is 1.85. The first-order valence-electron chi connectivity index (χ1n) is 7.13. The molecule has 1 saturated heterocycles. The highest BCUT2D eigenvalue weighted by Gasteiger charge is 2.27. The Morgan fingerprint density at radius 2 is 2.29 bits per heavy atom. The molecule has 110 valence electrons. The minimum absolute atomic E-state index is 0.263. The molecule has 1 aliphatic heterocycles. The minimum atomic E-state index is -0.397. The molecule has 1 unspecified atom stereocenters. The van der Waals surface area contributed by atoms with Crippen molar-refractivity contribution in [3.63, 3.8) is 0 Å². The number of carbonyl (C=O) groups is 1. The summed E-state index contributed by atoms with van der Waals surface area (Å²) in [5.74, 6) is -0.397. The van der Waals surface area contributed by atoms with Crippen molar-refractivity contribution in [2.75, 3.05) is 6.54 Å². The monoisotopic (exact) mass is 302 g/mol. The molecule has 1 aliphatic rings. The van der Waals surface area contributed by atoms with Crippen LogP contribution in [0.25, 0.3) is 0 Å². The quantitative estimate of drug-likeness (QED) is 0.941. The van der Waals surface area contributed by atoms with Gasteiger partial charge in [0.1, 0.15) is 9.88 Å². The molecule has 1 atom stereocenters. The summed E-state index contributed by atoms with van der Waals surface area (Å²) in [6, 6.07) is 6.24. The first-order valence-corrected chi connectivity index (χ1v) is 7.95. The Bertz CT molecular complexity index is 613. The molecule has 1 amide bonds. The molecule has 3 rings (SSSR count). The maximum atomic E-state index is 11.2. The number of aromatic nitrogens is 2. The van der Waals surface area contributed by atoms with Gasteiger partial charge >= 0.3 is 0 Å². The highest BCUT2D eigenvalue weighted by molar-refractivity contribution is 7.13. The van der Waals surface area contributed by atoms with E-state index in [4.69, 9.17) is 5.73 Å². The average Bonchev–Trinajstić information content (AvgIpc) is 2.99. The summed E-state index contributed by atoms with van der Waals surface area (Å²) in [5.41, 5.74) is 6.39. The van der Waals surface area contributed by atoms with E-state index in [2.05, 4.69) is 14.9 Å². The van der Waals surface area contributed by atoms with Crippen LogP contribution in [0.1, 0.15) is 45.7 Å². The minimum Gasteiger partial charge on any atom is -0.365 e. The summed E-state index contributed by atoms with van der Waals surface area (Å²) in [5, 5.41) is 0.986. The van der Waals surface area contributed by atoms with Crippen LogP contribution in [0.2, 0.25) is 0 Å². The van der Waals surface area contributed by atoms with Gasteiger partial charge in [0.15, 0.2) is 0 Å². The van der Waals surface area contributed by atoms with Crippen molar-refractivity contribution in [2.24, 2.45) is 5.73 Å². The van der Waals surface area contributed by atoms with Crippen molar-refractivity contribution >= 4 is 17.2 Å². The fourth-order valence-corrected chi connectivity index (χ4v) is 3.65. The highest BCUT2D eigenvalue weighted by Crippen LogP contribution is 2.34. The smallest absolute Gasteiger partial charge is 0.260 e. The molecule has 3 heterocycles. The van der Waals surface area contributed by atoms with Crippen LogP contribution in [0.15, 0.2) is 30.6 Å². The lowest BCUT2D eigenvalue weighted by atomic mass is 10.0. The molecule has 5 nitrogen and oxygen atoms in total. The van der Waals surface area contributed by atoms with Gasteiger partial charge < -0.3 is 5.73 Å². The fraction of sp³-hybridized carbons (Fsp3) is 0.400. The molecule has 0 bridgehead atoms. The van der Waals surface area contributed by atoms with Gasteiger partial charge in [0.05, 0.1) is 17.9 Å². The molecule has 0 saturated carbocycles. The summed E-state index contributed by atoms with van der Waals surface area (Å²) < 4.78 is 0. The number of pyridine rings is 1. The first-order chi connectivity index (χ1) is 10.2. The molecule has 21 heavy (non-hydrogen) atoms. The third kappa shape index (κ3) is 3.28. The fourth-order valence-electron chi connectivity index (χ4n) is 2.72. The first kappa shape index (κ1) is 14.2. The number of piperidine rings is 1. The van der Waals surface area contributed by atoms with E-state index in [1.54, 1.807) is 6.20 Å². The topological polar surface area (TPSA) is 72.1 Å². The van der Waals surface area contributed by atoms with Crippen LogP contribution in [0.3, 0.4) is 0 Å². The molecule has 2 aromatic heterocycles. The second-order valence-electron chi connectivity index (χ2n) is 5.23. The maximum absolute atomic E-state index is 11.2. The van der Waals surface area contributed by atoms with Crippen molar-refractivity contribution in [3.8, 4) is 0 Å². The van der Waals surface area contributed by atoms with Gasteiger partial charge in [-0.2, -0.15) is 0 Å². The molecule has 1 fully saturated rings. The van der Waals surface area contributed by atoms with Crippen LogP contribution in [-0.2, 0) is 6.54 Å². The Morgan fingerprint density at radius 3 is 3.00 bits per heavy atom. The van der Waals surface area contributed by atoms with E-state index in [1.807, 2.05) is 24.4 Å². The number of hydrogen-bond donors (Lipinski definition) is 1. The van der Waals surface area contributed by atoms with Crippen molar-refractivity contribution < 1.29 is 4.79 Å². The zero-order valence-electron chi connectivity index (χ0n) is 11.7. The van der Waals surface area contributed by atoms with Gasteiger partial charge in [0.2, 0.25) is 0 Å². The Balaban J connectivity index is 1.79. The summed E-state index contributed by atoms with van der Waals surface area (Å²) in [4.78, 5) is 23.0. The third-order valence-corrected chi connectivity index (χ3v) is 4.87. The molecule has 0 spiro atoms. The van der Waals surface area contributed by atoms with Gasteiger partial charge in [-0.15, -0.1) is 11.3 Å². The average molecular weight is 302 g/mol. The maximum Gasteiger partial charge on any atom is 0.260 e. The van der Waals surface area contributed by atoms with Gasteiger partial charge in [0, 0.05) is 12.7 Å². The largest absolute Gasteiger partial charge is 0.365 e. The highest BCUT2D eigenvalue weighted by atomic mass is 32.1. The van der Waals surface area contributed by atoms with Crippen LogP contribution in [0.5, 0.6) is 0 Å². The summed E-state index contributed by atoms with van der Waals surface area (Å²) in [7, 11) is 0. The van der Waals surface area contributed by atoms with Crippen LogP contribution < -0.4 is 5.73 Å². The normalized spacial score (nSPS) is 19.5. The van der Waals surface area contributed by atoms with Crippen LogP contribution in [0.4, 0.5) is 0 Å². The van der Waals surface area contributed by atoms with Gasteiger partial charge in [0.25, 0.3) is 5.91 Å². The number of primary amides is 1. The molecule has 6 heteroatoms. The second kappa shape index (κ2) is 6.32. The predicted molar refractivity (Wildman–Crippen MR) is 81.9 cm³/mol. The second-order valence-corrected chi connectivity index (χ2v) is 6.29. The zero-order valence-corrected chi connectivity index (χ0v) is 12.6. The lowest BCUT2D eigenvalue weighted by Gasteiger charge is -2.34. The van der Waals surface area contributed by atoms with E-state index in [9.17, 15) is 4.79 Å². The van der Waals surface area contributed by atoms with Crippen LogP contribution >= 0.6 is 11.3 Å². The summed E-state index contributed by atoms with van der Waals surface area (Å²) >= 11 is 1.41. The van der Waals surface area contributed by atoms with E-state index in [0.29, 0.717) is 4.88 Å². The van der Waals surface area contributed by atoms with Crippen molar-refractivity contribution in [1.82, 2.24) is 14.9 Å². The molecule has 2 aromatic rings. The third-order valence-electron chi connectivity index (χ3n) is 3.76. The lowest BCUT2D eigenvalue weighted by Crippen LogP contribution is -2.33. The standard InChI is InChI=1S/C15H18N4OS/c16-14(20)13-9-18-15(21-13)12-6-2-4-8-19(12)10-11-5-1-3-7-17-11/h1,3,5,7,9,12H,2,4,6,8,10H2,(H2,16,20). The van der Waals surface area contributed by atoms with Crippen molar-refractivity contribution in [2.45, 2.75) is 31.8 Å². The van der Waals surface area contributed by atoms with E-state index in [0.717, 1.165) is 30.2 Å². The van der Waals surface area contributed by atoms with E-state index in [1.165, 1.54) is 24.2 Å². The van der Waals surface area contributed by atoms with Gasteiger partial charge in [-0.3, -0.25) is 14.7 Å². The number of rotatable bonds is 4. The van der Waals surface area contributed by atoms with Crippen molar-refractivity contribution in [1.29, 1.82) is 0 Å². The predicted octanol–water partition coefficient (Wildman–Crippen LogP) is 2.36. The Hall–Kier alpha value is -1.79. The van der Waals surface area contributed by atoms with Crippen LogP contribution in [0, 0.1) is 0 Å². The Morgan fingerprint density at radius 1 is 1.38 bits per heavy atom. The molecular formula is C15H18N4OS. The number of nitrogens with zero attached hydrogens (tertiary/aromatic N) is 3. The summed E-state index contributed by atoms with van der Waals surface area (Å²) in [6.07, 6.45) is 6.86. The zero-order chi connectivity index (χ0) is 14.7. The van der Waals surface area contributed by atoms with Crippen LogP contribution in [-0.4, -0.2) is 27.3 Å². The van der Waals surface area contributed by atoms with E-state index < -0.39 is 5.91 Å². The molecular weight excluding hydrogens is 284 g/mol. The number of amides is 1. The number of carbonyl (C=O) groups excluding carboxylic acids is 1. The van der Waals surface area contributed by atoms with Gasteiger partial charge in [-0.05, 0) is 31.5 Å². The molecule has 0 aromatic carbocycles. The SMILES string of the molecule is NC(=O)c1cnc(C2CCCCN2Cc2ccccn2)s1. The Labute approximate surface area is 127 Å². The van der Waals surface area contributed by atoms with Gasteiger partial charge in [-0.1, -0.05) is 12.5 Å². The molecule has 0 aliphatic carbocycles. The molecule has 0 radical (unpaired) electrons. The van der Waals surface area contributed by atoms with Crippen molar-refractivity contribution in [3.05, 3.63) is 46.2 Å². The van der Waals surface area contributed by atoms with E-state index >= 15 is 0 Å². The number of nitrogens with two attached hydrogens (primary N) is 1. The Kier molecular flexibility index (Phi) is 4.26. The number of hydrogen-bond acceptors (Lipinski definition) is 5. The van der Waals surface area contributed by atoms with Gasteiger partial charge in [-0.25, -0.2) is 4.98 Å². The lowest BCUT2D eigenvalue weighted by molar-refractivity contribution is 0.100. The molecule has 2 N–H and O–H groups in total.